The number of allylic oxidation sites excluding steroid dienone is 1. The number of aromatic amines is 1. The minimum Gasteiger partial charge on any atom is -0.496 e. The molecule has 28 heavy (non-hydrogen) atoms. The molecule has 0 bridgehead atoms. The Morgan fingerprint density at radius 2 is 2.00 bits per heavy atom. The van der Waals surface area contributed by atoms with Crippen molar-refractivity contribution < 1.29 is 9.47 Å². The highest BCUT2D eigenvalue weighted by Crippen LogP contribution is 2.48. The third kappa shape index (κ3) is 2.85. The smallest absolute Gasteiger partial charge is 0.244 e. The van der Waals surface area contributed by atoms with E-state index in [-0.39, 0.29) is 11.5 Å². The molecule has 1 aliphatic heterocycles. The van der Waals surface area contributed by atoms with Gasteiger partial charge in [0.05, 0.1) is 34.3 Å². The van der Waals surface area contributed by atoms with E-state index in [0.29, 0.717) is 32.9 Å². The summed E-state index contributed by atoms with van der Waals surface area (Å²) in [4.78, 5) is 0. The second-order valence-electron chi connectivity index (χ2n) is 6.11. The van der Waals surface area contributed by atoms with Gasteiger partial charge in [0.1, 0.15) is 17.4 Å². The molecule has 4 rings (SSSR count). The Morgan fingerprint density at radius 3 is 2.71 bits per heavy atom. The van der Waals surface area contributed by atoms with Gasteiger partial charge < -0.3 is 15.2 Å². The van der Waals surface area contributed by atoms with E-state index in [2.05, 4.69) is 16.3 Å². The van der Waals surface area contributed by atoms with Crippen LogP contribution in [0, 0.1) is 11.3 Å². The van der Waals surface area contributed by atoms with Crippen molar-refractivity contribution in [2.45, 2.75) is 5.92 Å². The number of hydrogen-bond donors (Lipinski definition) is 2. The number of hydrogen-bond acceptors (Lipinski definition) is 5. The number of rotatable bonds is 3. The van der Waals surface area contributed by atoms with Gasteiger partial charge >= 0.3 is 0 Å². The molecule has 1 aromatic heterocycles. The number of nitriles is 1. The summed E-state index contributed by atoms with van der Waals surface area (Å²) in [5.74, 6) is 0.418. The number of fused-ring (bicyclic) bond motifs is 1. The zero-order chi connectivity index (χ0) is 19.8. The fourth-order valence-corrected chi connectivity index (χ4v) is 3.63. The summed E-state index contributed by atoms with van der Waals surface area (Å²) in [6.45, 7) is 0. The molecular weight excluding hydrogens is 399 g/mol. The lowest BCUT2D eigenvalue weighted by Crippen LogP contribution is -2.21. The second kappa shape index (κ2) is 7.12. The third-order valence-electron chi connectivity index (χ3n) is 4.60. The number of nitrogens with one attached hydrogen (secondary N) is 1. The van der Waals surface area contributed by atoms with Crippen molar-refractivity contribution in [2.24, 2.45) is 5.73 Å². The van der Waals surface area contributed by atoms with Crippen molar-refractivity contribution in [3.63, 3.8) is 0 Å². The van der Waals surface area contributed by atoms with E-state index in [0.717, 1.165) is 11.1 Å². The third-order valence-corrected chi connectivity index (χ3v) is 5.34. The molecule has 2 heterocycles. The van der Waals surface area contributed by atoms with Gasteiger partial charge in [-0.05, 0) is 18.2 Å². The zero-order valence-corrected chi connectivity index (χ0v) is 16.2. The molecule has 3 aromatic rings. The lowest BCUT2D eigenvalue weighted by Gasteiger charge is -2.25. The summed E-state index contributed by atoms with van der Waals surface area (Å²) in [6.07, 6.45) is 0. The van der Waals surface area contributed by atoms with E-state index >= 15 is 0 Å². The summed E-state index contributed by atoms with van der Waals surface area (Å²) >= 11 is 12.2. The number of nitrogens with two attached hydrogens (primary N) is 1. The minimum absolute atomic E-state index is 0.0121. The standard InChI is InChI=1S/C20H14Cl2N4O2/c1-27-15-5-3-2-4-11(15)16-12(9-23)19(24)28-20-17(16)18(25-26-20)10-6-7-13(21)14(22)8-10/h2-8,16H,24H2,1H3,(H,25,26). The van der Waals surface area contributed by atoms with Crippen LogP contribution < -0.4 is 15.2 Å². The molecule has 1 atom stereocenters. The van der Waals surface area contributed by atoms with Crippen LogP contribution in [0.3, 0.4) is 0 Å². The van der Waals surface area contributed by atoms with E-state index in [9.17, 15) is 5.26 Å². The van der Waals surface area contributed by atoms with Crippen LogP contribution in [0.15, 0.2) is 53.9 Å². The van der Waals surface area contributed by atoms with Gasteiger partial charge in [-0.2, -0.15) is 5.26 Å². The Hall–Kier alpha value is -3.14. The highest BCUT2D eigenvalue weighted by atomic mass is 35.5. The van der Waals surface area contributed by atoms with E-state index < -0.39 is 5.92 Å². The second-order valence-corrected chi connectivity index (χ2v) is 6.93. The van der Waals surface area contributed by atoms with Gasteiger partial charge in [-0.1, -0.05) is 47.5 Å². The van der Waals surface area contributed by atoms with Crippen LogP contribution in [-0.2, 0) is 0 Å². The first kappa shape index (κ1) is 18.2. The average Bonchev–Trinajstić information content (AvgIpc) is 3.12. The molecule has 1 aliphatic rings. The highest BCUT2D eigenvalue weighted by Gasteiger charge is 2.37. The average molecular weight is 413 g/mol. The first-order chi connectivity index (χ1) is 13.5. The summed E-state index contributed by atoms with van der Waals surface area (Å²) < 4.78 is 11.1. The summed E-state index contributed by atoms with van der Waals surface area (Å²) in [6, 6.07) is 14.9. The van der Waals surface area contributed by atoms with Crippen LogP contribution in [0.1, 0.15) is 17.0 Å². The maximum Gasteiger partial charge on any atom is 0.244 e. The van der Waals surface area contributed by atoms with Crippen molar-refractivity contribution in [3.8, 4) is 29.0 Å². The SMILES string of the molecule is COc1ccccc1C1C(C#N)=C(N)Oc2n[nH]c(-c3ccc(Cl)c(Cl)c3)c21. The molecule has 0 radical (unpaired) electrons. The Labute approximate surface area is 171 Å². The van der Waals surface area contributed by atoms with Gasteiger partial charge in [-0.15, -0.1) is 5.10 Å². The molecule has 140 valence electrons. The molecule has 8 heteroatoms. The topological polar surface area (TPSA) is 96.9 Å². The number of benzene rings is 2. The molecular formula is C20H14Cl2N4O2. The van der Waals surface area contributed by atoms with Crippen LogP contribution in [0.5, 0.6) is 11.6 Å². The first-order valence-corrected chi connectivity index (χ1v) is 9.05. The molecule has 0 fully saturated rings. The van der Waals surface area contributed by atoms with Gasteiger partial charge in [0, 0.05) is 11.1 Å². The van der Waals surface area contributed by atoms with Crippen molar-refractivity contribution in [2.75, 3.05) is 7.11 Å². The number of methoxy groups -OCH3 is 1. The van der Waals surface area contributed by atoms with Gasteiger partial charge in [0.25, 0.3) is 0 Å². The number of aromatic nitrogens is 2. The molecule has 0 saturated carbocycles. The molecule has 3 N–H and O–H groups in total. The van der Waals surface area contributed by atoms with E-state index in [4.69, 9.17) is 38.4 Å². The van der Waals surface area contributed by atoms with Crippen molar-refractivity contribution in [1.29, 1.82) is 5.26 Å². The lowest BCUT2D eigenvalue weighted by molar-refractivity contribution is 0.375. The summed E-state index contributed by atoms with van der Waals surface area (Å²) in [7, 11) is 1.58. The van der Waals surface area contributed by atoms with E-state index in [1.165, 1.54) is 0 Å². The highest BCUT2D eigenvalue weighted by molar-refractivity contribution is 6.42. The normalized spacial score (nSPS) is 15.6. The fraction of sp³-hybridized carbons (Fsp3) is 0.100. The Kier molecular flexibility index (Phi) is 4.63. The zero-order valence-electron chi connectivity index (χ0n) is 14.7. The van der Waals surface area contributed by atoms with E-state index in [1.54, 1.807) is 19.2 Å². The number of H-pyrrole nitrogens is 1. The molecule has 0 amide bonds. The predicted molar refractivity (Wildman–Crippen MR) is 106 cm³/mol. The molecule has 0 saturated heterocycles. The van der Waals surface area contributed by atoms with Crippen LogP contribution >= 0.6 is 23.2 Å². The first-order valence-electron chi connectivity index (χ1n) is 8.29. The van der Waals surface area contributed by atoms with Gasteiger partial charge in [0.2, 0.25) is 11.8 Å². The molecule has 0 spiro atoms. The Balaban J connectivity index is 1.98. The van der Waals surface area contributed by atoms with Crippen LogP contribution in [0.2, 0.25) is 10.0 Å². The largest absolute Gasteiger partial charge is 0.496 e. The van der Waals surface area contributed by atoms with Crippen LogP contribution in [0.4, 0.5) is 0 Å². The fourth-order valence-electron chi connectivity index (χ4n) is 3.33. The van der Waals surface area contributed by atoms with Gasteiger partial charge in [-0.25, -0.2) is 0 Å². The monoisotopic (exact) mass is 412 g/mol. The maximum absolute atomic E-state index is 9.78. The van der Waals surface area contributed by atoms with Gasteiger partial charge in [0.15, 0.2) is 0 Å². The van der Waals surface area contributed by atoms with Crippen LogP contribution in [0.25, 0.3) is 11.3 Å². The Morgan fingerprint density at radius 1 is 1.21 bits per heavy atom. The summed E-state index contributed by atoms with van der Waals surface area (Å²) in [5, 5.41) is 17.9. The molecule has 6 nitrogen and oxygen atoms in total. The summed E-state index contributed by atoms with van der Waals surface area (Å²) in [5.41, 5.74) is 9.16. The Bertz CT molecular complexity index is 1150. The number of nitrogens with zero attached hydrogens (tertiary/aromatic N) is 2. The molecule has 1 unspecified atom stereocenters. The molecule has 0 aliphatic carbocycles. The van der Waals surface area contributed by atoms with Crippen molar-refractivity contribution in [3.05, 3.63) is 75.1 Å². The number of halogens is 2. The lowest BCUT2D eigenvalue weighted by atomic mass is 9.82. The minimum atomic E-state index is -0.520. The van der Waals surface area contributed by atoms with Crippen molar-refractivity contribution in [1.82, 2.24) is 10.2 Å². The van der Waals surface area contributed by atoms with Crippen LogP contribution in [-0.4, -0.2) is 17.3 Å². The number of para-hydroxylation sites is 1. The maximum atomic E-state index is 9.78. The predicted octanol–water partition coefficient (Wildman–Crippen LogP) is 4.61. The van der Waals surface area contributed by atoms with Gasteiger partial charge in [-0.3, -0.25) is 5.10 Å². The van der Waals surface area contributed by atoms with E-state index in [1.807, 2.05) is 30.3 Å². The molecule has 2 aromatic carbocycles. The number of ether oxygens (including phenoxy) is 2. The quantitative estimate of drug-likeness (QED) is 0.654. The van der Waals surface area contributed by atoms with Crippen molar-refractivity contribution >= 4 is 23.2 Å².